The highest BCUT2D eigenvalue weighted by Gasteiger charge is 2.65. The van der Waals surface area contributed by atoms with E-state index < -0.39 is 30.1 Å². The molecule has 6 heteroatoms. The van der Waals surface area contributed by atoms with Crippen molar-refractivity contribution in [2.45, 2.75) is 24.2 Å². The average molecular weight is 178 g/mol. The summed E-state index contributed by atoms with van der Waals surface area (Å²) in [5.74, 6) is -3.47. The minimum Gasteiger partial charge on any atom is -0.451 e. The van der Waals surface area contributed by atoms with E-state index in [9.17, 15) is 14.3 Å². The van der Waals surface area contributed by atoms with Crippen LogP contribution in [0.5, 0.6) is 0 Å². The summed E-state index contributed by atoms with van der Waals surface area (Å²) in [6.45, 7) is -0.227. The lowest BCUT2D eigenvalue weighted by molar-refractivity contribution is -0.210. The van der Waals surface area contributed by atoms with Gasteiger partial charge in [0, 0.05) is 0 Å². The van der Waals surface area contributed by atoms with E-state index in [4.69, 9.17) is 5.11 Å². The zero-order chi connectivity index (χ0) is 8.93. The Morgan fingerprint density at radius 3 is 2.92 bits per heavy atom. The summed E-state index contributed by atoms with van der Waals surface area (Å²) in [5.41, 5.74) is 0. The van der Waals surface area contributed by atoms with Crippen molar-refractivity contribution in [3.63, 3.8) is 0 Å². The molecule has 0 aromatic carbocycles. The van der Waals surface area contributed by atoms with Gasteiger partial charge in [0.15, 0.2) is 6.10 Å². The first-order valence-corrected chi connectivity index (χ1v) is 3.44. The van der Waals surface area contributed by atoms with Gasteiger partial charge in [-0.25, -0.2) is 9.18 Å². The van der Waals surface area contributed by atoms with Crippen LogP contribution in [0.1, 0.15) is 0 Å². The molecule has 2 fully saturated rings. The van der Waals surface area contributed by atoms with Crippen LogP contribution in [0, 0.1) is 0 Å². The fraction of sp³-hybridized carbons (Fsp3) is 0.833. The normalized spacial score (nSPS) is 52.2. The largest absolute Gasteiger partial charge is 0.451 e. The van der Waals surface area contributed by atoms with E-state index in [0.717, 1.165) is 0 Å². The average Bonchev–Trinajstić information content (AvgIpc) is 2.42. The van der Waals surface area contributed by atoms with Crippen molar-refractivity contribution in [2.75, 3.05) is 6.61 Å². The Kier molecular flexibility index (Phi) is 1.42. The van der Waals surface area contributed by atoms with Gasteiger partial charge < -0.3 is 19.7 Å². The number of hydrogen-bond donors (Lipinski definition) is 2. The molecule has 2 aliphatic heterocycles. The highest BCUT2D eigenvalue weighted by atomic mass is 19.1. The number of hydrogen-bond acceptors (Lipinski definition) is 5. The first-order chi connectivity index (χ1) is 5.55. The fourth-order valence-electron chi connectivity index (χ4n) is 1.40. The number of carbonyl (C=O) groups excluding carboxylic acids is 1. The second-order valence-electron chi connectivity index (χ2n) is 2.85. The van der Waals surface area contributed by atoms with Gasteiger partial charge in [-0.15, -0.1) is 0 Å². The van der Waals surface area contributed by atoms with Gasteiger partial charge in [0.05, 0.1) is 6.61 Å². The van der Waals surface area contributed by atoms with Crippen LogP contribution in [0.25, 0.3) is 0 Å². The molecule has 0 aliphatic carbocycles. The summed E-state index contributed by atoms with van der Waals surface area (Å²) in [5, 5.41) is 18.4. The van der Waals surface area contributed by atoms with Crippen LogP contribution in [0.15, 0.2) is 0 Å². The highest BCUT2D eigenvalue weighted by molar-refractivity contribution is 5.79. The first-order valence-electron chi connectivity index (χ1n) is 3.44. The molecule has 1 unspecified atom stereocenters. The Hall–Kier alpha value is -0.720. The van der Waals surface area contributed by atoms with Crippen LogP contribution in [-0.4, -0.2) is 47.0 Å². The second-order valence-corrected chi connectivity index (χ2v) is 2.85. The molecule has 5 nitrogen and oxygen atoms in total. The molecule has 2 aliphatic rings. The van der Waals surface area contributed by atoms with Gasteiger partial charge in [0.1, 0.15) is 6.10 Å². The summed E-state index contributed by atoms with van der Waals surface area (Å²) >= 11 is 0. The molecule has 2 saturated heterocycles. The third-order valence-corrected chi connectivity index (χ3v) is 2.06. The smallest absolute Gasteiger partial charge is 0.347 e. The number of halogens is 1. The van der Waals surface area contributed by atoms with E-state index in [1.54, 1.807) is 0 Å². The fourth-order valence-corrected chi connectivity index (χ4v) is 1.40. The van der Waals surface area contributed by atoms with Gasteiger partial charge in [-0.3, -0.25) is 0 Å². The predicted octanol–water partition coefficient (Wildman–Crippen LogP) is -1.67. The molecule has 12 heavy (non-hydrogen) atoms. The van der Waals surface area contributed by atoms with Crippen LogP contribution >= 0.6 is 0 Å². The topological polar surface area (TPSA) is 76.0 Å². The third kappa shape index (κ3) is 0.742. The number of ether oxygens (including phenoxy) is 2. The SMILES string of the molecule is O=C1O[C@@H]2[C@@H](O)CO[C@]2(O)C1F. The van der Waals surface area contributed by atoms with E-state index in [1.807, 2.05) is 0 Å². The van der Waals surface area contributed by atoms with Gasteiger partial charge in [-0.2, -0.15) is 0 Å². The minimum absolute atomic E-state index is 0.227. The van der Waals surface area contributed by atoms with E-state index in [1.165, 1.54) is 0 Å². The summed E-state index contributed by atoms with van der Waals surface area (Å²) in [4.78, 5) is 10.6. The maximum absolute atomic E-state index is 12.9. The van der Waals surface area contributed by atoms with E-state index in [-0.39, 0.29) is 6.61 Å². The van der Waals surface area contributed by atoms with Gasteiger partial charge in [0.2, 0.25) is 5.79 Å². The molecule has 2 N–H and O–H groups in total. The van der Waals surface area contributed by atoms with Crippen LogP contribution in [0.2, 0.25) is 0 Å². The summed E-state index contributed by atoms with van der Waals surface area (Å²) in [6.07, 6.45) is -4.67. The lowest BCUT2D eigenvalue weighted by Gasteiger charge is -2.19. The zero-order valence-corrected chi connectivity index (χ0v) is 5.94. The Labute approximate surface area is 66.7 Å². The van der Waals surface area contributed by atoms with Gasteiger partial charge >= 0.3 is 5.97 Å². The molecule has 0 radical (unpaired) electrons. The third-order valence-electron chi connectivity index (χ3n) is 2.06. The monoisotopic (exact) mass is 178 g/mol. The Bertz CT molecular complexity index is 232. The lowest BCUT2D eigenvalue weighted by Crippen LogP contribution is -2.45. The summed E-state index contributed by atoms with van der Waals surface area (Å²) in [6, 6.07) is 0. The second kappa shape index (κ2) is 2.15. The molecular formula is C6H7FO5. The summed E-state index contributed by atoms with van der Waals surface area (Å²) in [7, 11) is 0. The number of rotatable bonds is 0. The maximum Gasteiger partial charge on any atom is 0.347 e. The van der Waals surface area contributed by atoms with Crippen molar-refractivity contribution < 1.29 is 28.9 Å². The van der Waals surface area contributed by atoms with Crippen molar-refractivity contribution in [1.82, 2.24) is 0 Å². The molecule has 0 saturated carbocycles. The number of fused-ring (bicyclic) bond motifs is 1. The van der Waals surface area contributed by atoms with Crippen LogP contribution < -0.4 is 0 Å². The van der Waals surface area contributed by atoms with Crippen LogP contribution in [0.4, 0.5) is 4.39 Å². The number of esters is 1. The lowest BCUT2D eigenvalue weighted by atomic mass is 10.1. The molecule has 68 valence electrons. The number of aliphatic hydroxyl groups is 2. The van der Waals surface area contributed by atoms with Crippen LogP contribution in [0.3, 0.4) is 0 Å². The molecule has 0 bridgehead atoms. The standard InChI is InChI=1S/C6H7FO5/c7-3-5(9)12-4-2(8)1-11-6(3,4)10/h2-4,8,10H,1H2/t2-,3?,4+,6+/m0/s1. The number of carbonyl (C=O) groups is 1. The first kappa shape index (κ1) is 7.90. The van der Waals surface area contributed by atoms with Crippen molar-refractivity contribution in [1.29, 1.82) is 0 Å². The molecule has 0 aromatic rings. The highest BCUT2D eigenvalue weighted by Crippen LogP contribution is 2.37. The van der Waals surface area contributed by atoms with Crippen molar-refractivity contribution in [3.8, 4) is 0 Å². The van der Waals surface area contributed by atoms with Crippen molar-refractivity contribution in [3.05, 3.63) is 0 Å². The minimum atomic E-state index is -2.28. The van der Waals surface area contributed by atoms with Gasteiger partial charge in [-0.05, 0) is 0 Å². The Balaban J connectivity index is 2.31. The predicted molar refractivity (Wildman–Crippen MR) is 31.7 cm³/mol. The molecule has 4 atom stereocenters. The van der Waals surface area contributed by atoms with E-state index >= 15 is 0 Å². The quantitative estimate of drug-likeness (QED) is 0.434. The maximum atomic E-state index is 12.9. The Morgan fingerprint density at radius 2 is 2.33 bits per heavy atom. The molecular weight excluding hydrogens is 171 g/mol. The van der Waals surface area contributed by atoms with Crippen LogP contribution in [-0.2, 0) is 14.3 Å². The van der Waals surface area contributed by atoms with Crippen molar-refractivity contribution in [2.24, 2.45) is 0 Å². The van der Waals surface area contributed by atoms with E-state index in [2.05, 4.69) is 9.47 Å². The van der Waals surface area contributed by atoms with Gasteiger partial charge in [0.25, 0.3) is 6.17 Å². The molecule has 0 amide bonds. The molecule has 2 heterocycles. The number of alkyl halides is 1. The number of aliphatic hydroxyl groups excluding tert-OH is 1. The molecule has 0 spiro atoms. The van der Waals surface area contributed by atoms with Crippen molar-refractivity contribution >= 4 is 5.97 Å². The Morgan fingerprint density at radius 1 is 1.67 bits per heavy atom. The summed E-state index contributed by atoms with van der Waals surface area (Å²) < 4.78 is 21.8. The molecule has 0 aromatic heterocycles. The van der Waals surface area contributed by atoms with E-state index in [0.29, 0.717) is 0 Å². The zero-order valence-electron chi connectivity index (χ0n) is 5.94. The van der Waals surface area contributed by atoms with Gasteiger partial charge in [-0.1, -0.05) is 0 Å². The molecule has 2 rings (SSSR count).